The van der Waals surface area contributed by atoms with Crippen LogP contribution in [0.15, 0.2) is 77.8 Å². The van der Waals surface area contributed by atoms with Gasteiger partial charge in [-0.1, -0.05) is 48.2 Å². The minimum Gasteiger partial charge on any atom is -0.493 e. The second kappa shape index (κ2) is 11.8. The predicted octanol–water partition coefficient (Wildman–Crippen LogP) is 5.22. The quantitative estimate of drug-likeness (QED) is 0.456. The number of benzene rings is 3. The summed E-state index contributed by atoms with van der Waals surface area (Å²) < 4.78 is 10.7. The lowest BCUT2D eigenvalue weighted by Crippen LogP contribution is -2.46. The second-order valence-electron chi connectivity index (χ2n) is 8.38. The zero-order chi connectivity index (χ0) is 25.5. The predicted molar refractivity (Wildman–Crippen MR) is 144 cm³/mol. The highest BCUT2D eigenvalue weighted by atomic mass is 32.2. The van der Waals surface area contributed by atoms with Crippen molar-refractivity contribution >= 4 is 40.1 Å². The van der Waals surface area contributed by atoms with Crippen LogP contribution >= 0.6 is 11.8 Å². The standard InChI is InChI=1S/C28H29N3O4S/c1-19-8-7-11-22(16-19)29-27(33)25-18-26(32)31(28(36-25)30-21-9-5-4-6-10-21)15-14-20-12-13-23(34-2)24(17-20)35-3/h4-13,16-17,25H,14-15,18H2,1-3H3,(H,29,33)/t25-/m1/s1. The number of amides is 2. The molecule has 4 rings (SSSR count). The molecule has 8 heteroatoms. The number of aliphatic imine (C=N–C) groups is 1. The largest absolute Gasteiger partial charge is 0.493 e. The van der Waals surface area contributed by atoms with Crippen molar-refractivity contribution in [3.8, 4) is 11.5 Å². The highest BCUT2D eigenvalue weighted by Crippen LogP contribution is 2.31. The topological polar surface area (TPSA) is 80.2 Å². The van der Waals surface area contributed by atoms with E-state index in [1.807, 2.05) is 79.7 Å². The van der Waals surface area contributed by atoms with Crippen LogP contribution in [0.3, 0.4) is 0 Å². The number of ether oxygens (including phenoxy) is 2. The SMILES string of the molecule is COc1ccc(CCN2C(=O)C[C@H](C(=O)Nc3cccc(C)c3)SC2=Nc2ccccc2)cc1OC. The van der Waals surface area contributed by atoms with Gasteiger partial charge >= 0.3 is 0 Å². The molecule has 0 unspecified atom stereocenters. The average Bonchev–Trinajstić information content (AvgIpc) is 2.88. The Morgan fingerprint density at radius 3 is 2.53 bits per heavy atom. The van der Waals surface area contributed by atoms with Gasteiger partial charge in [0.1, 0.15) is 5.25 Å². The highest BCUT2D eigenvalue weighted by Gasteiger charge is 2.35. The Morgan fingerprint density at radius 1 is 1.03 bits per heavy atom. The first-order valence-electron chi connectivity index (χ1n) is 11.7. The number of anilines is 1. The number of carbonyl (C=O) groups excluding carboxylic acids is 2. The van der Waals surface area contributed by atoms with Gasteiger partial charge in [-0.25, -0.2) is 4.99 Å². The number of amidine groups is 1. The number of para-hydroxylation sites is 1. The Labute approximate surface area is 215 Å². The van der Waals surface area contributed by atoms with Crippen molar-refractivity contribution in [3.05, 3.63) is 83.9 Å². The molecule has 3 aromatic carbocycles. The Morgan fingerprint density at radius 2 is 1.81 bits per heavy atom. The molecule has 0 aromatic heterocycles. The molecule has 1 heterocycles. The van der Waals surface area contributed by atoms with E-state index in [9.17, 15) is 9.59 Å². The summed E-state index contributed by atoms with van der Waals surface area (Å²) in [5.74, 6) is 0.951. The molecule has 1 atom stereocenters. The fraction of sp³-hybridized carbons (Fsp3) is 0.250. The summed E-state index contributed by atoms with van der Waals surface area (Å²) in [5.41, 5.74) is 3.49. The average molecular weight is 504 g/mol. The van der Waals surface area contributed by atoms with Gasteiger partial charge in [-0.2, -0.15) is 0 Å². The zero-order valence-electron chi connectivity index (χ0n) is 20.6. The van der Waals surface area contributed by atoms with Gasteiger partial charge in [-0.15, -0.1) is 0 Å². The van der Waals surface area contributed by atoms with Gasteiger partial charge in [0.2, 0.25) is 11.8 Å². The number of nitrogens with one attached hydrogen (secondary N) is 1. The lowest BCUT2D eigenvalue weighted by molar-refractivity contribution is -0.129. The molecule has 1 N–H and O–H groups in total. The van der Waals surface area contributed by atoms with Gasteiger partial charge in [0.05, 0.1) is 19.9 Å². The Hall–Kier alpha value is -3.78. The van der Waals surface area contributed by atoms with Crippen LogP contribution in [0.25, 0.3) is 0 Å². The summed E-state index contributed by atoms with van der Waals surface area (Å²) in [6, 6.07) is 22.8. The van der Waals surface area contributed by atoms with Gasteiger partial charge in [0.15, 0.2) is 16.7 Å². The van der Waals surface area contributed by atoms with Crippen LogP contribution in [0.1, 0.15) is 17.5 Å². The summed E-state index contributed by atoms with van der Waals surface area (Å²) >= 11 is 1.32. The van der Waals surface area contributed by atoms with Gasteiger partial charge in [0.25, 0.3) is 0 Å². The maximum atomic E-state index is 13.3. The van der Waals surface area contributed by atoms with Gasteiger partial charge < -0.3 is 14.8 Å². The lowest BCUT2D eigenvalue weighted by atomic mass is 10.1. The fourth-order valence-electron chi connectivity index (χ4n) is 3.90. The van der Waals surface area contributed by atoms with Gasteiger partial charge in [-0.3, -0.25) is 14.5 Å². The molecule has 7 nitrogen and oxygen atoms in total. The summed E-state index contributed by atoms with van der Waals surface area (Å²) in [5, 5.41) is 2.89. The number of rotatable bonds is 8. The van der Waals surface area contributed by atoms with Crippen molar-refractivity contribution in [1.82, 2.24) is 4.90 Å². The van der Waals surface area contributed by atoms with Gasteiger partial charge in [-0.05, 0) is 60.9 Å². The summed E-state index contributed by atoms with van der Waals surface area (Å²) in [7, 11) is 3.19. The number of thioether (sulfide) groups is 1. The van der Waals surface area contributed by atoms with Crippen molar-refractivity contribution in [3.63, 3.8) is 0 Å². The van der Waals surface area contributed by atoms with Crippen LogP contribution in [-0.4, -0.2) is 47.9 Å². The van der Waals surface area contributed by atoms with Crippen LogP contribution in [0.4, 0.5) is 11.4 Å². The first-order chi connectivity index (χ1) is 17.5. The number of methoxy groups -OCH3 is 2. The fourth-order valence-corrected chi connectivity index (χ4v) is 5.02. The normalized spacial score (nSPS) is 16.6. The van der Waals surface area contributed by atoms with E-state index in [4.69, 9.17) is 14.5 Å². The Balaban J connectivity index is 1.54. The van der Waals surface area contributed by atoms with Crippen LogP contribution in [-0.2, 0) is 16.0 Å². The number of carbonyl (C=O) groups is 2. The molecule has 2 amide bonds. The van der Waals surface area contributed by atoms with E-state index in [-0.39, 0.29) is 18.2 Å². The Bertz CT molecular complexity index is 1260. The molecule has 1 saturated heterocycles. The third-order valence-corrected chi connectivity index (χ3v) is 6.96. The van der Waals surface area contributed by atoms with Crippen molar-refractivity contribution in [2.45, 2.75) is 25.0 Å². The van der Waals surface area contributed by atoms with E-state index in [0.29, 0.717) is 35.3 Å². The molecule has 186 valence electrons. The number of nitrogens with zero attached hydrogens (tertiary/aromatic N) is 2. The Kier molecular flexibility index (Phi) is 8.28. The van der Waals surface area contributed by atoms with E-state index in [2.05, 4.69) is 5.32 Å². The maximum absolute atomic E-state index is 13.3. The number of aryl methyl sites for hydroxylation is 1. The minimum atomic E-state index is -0.571. The molecular weight excluding hydrogens is 474 g/mol. The van der Waals surface area contributed by atoms with E-state index in [1.165, 1.54) is 11.8 Å². The molecule has 36 heavy (non-hydrogen) atoms. The highest BCUT2D eigenvalue weighted by molar-refractivity contribution is 8.15. The number of hydrogen-bond donors (Lipinski definition) is 1. The third kappa shape index (κ3) is 6.26. The molecule has 1 fully saturated rings. The molecule has 0 aliphatic carbocycles. The molecular formula is C28H29N3O4S. The molecule has 1 aliphatic rings. The van der Waals surface area contributed by atoms with Crippen molar-refractivity contribution in [2.24, 2.45) is 4.99 Å². The second-order valence-corrected chi connectivity index (χ2v) is 9.55. The summed E-state index contributed by atoms with van der Waals surface area (Å²) in [4.78, 5) is 32.7. The molecule has 1 aliphatic heterocycles. The van der Waals surface area contributed by atoms with E-state index in [1.54, 1.807) is 19.1 Å². The van der Waals surface area contributed by atoms with E-state index in [0.717, 1.165) is 16.8 Å². The summed E-state index contributed by atoms with van der Waals surface area (Å²) in [6.07, 6.45) is 0.697. The molecule has 0 radical (unpaired) electrons. The first-order valence-corrected chi connectivity index (χ1v) is 12.5. The third-order valence-electron chi connectivity index (χ3n) is 5.77. The van der Waals surface area contributed by atoms with Crippen LogP contribution in [0.5, 0.6) is 11.5 Å². The van der Waals surface area contributed by atoms with E-state index < -0.39 is 5.25 Å². The van der Waals surface area contributed by atoms with E-state index >= 15 is 0 Å². The van der Waals surface area contributed by atoms with Crippen molar-refractivity contribution in [1.29, 1.82) is 0 Å². The zero-order valence-corrected chi connectivity index (χ0v) is 21.4. The van der Waals surface area contributed by atoms with Crippen molar-refractivity contribution in [2.75, 3.05) is 26.1 Å². The number of hydrogen-bond acceptors (Lipinski definition) is 6. The smallest absolute Gasteiger partial charge is 0.238 e. The molecule has 0 bridgehead atoms. The first kappa shape index (κ1) is 25.3. The monoisotopic (exact) mass is 503 g/mol. The van der Waals surface area contributed by atoms with Crippen molar-refractivity contribution < 1.29 is 19.1 Å². The van der Waals surface area contributed by atoms with Crippen LogP contribution in [0, 0.1) is 6.92 Å². The van der Waals surface area contributed by atoms with Gasteiger partial charge in [0, 0.05) is 18.7 Å². The lowest BCUT2D eigenvalue weighted by Gasteiger charge is -2.32. The summed E-state index contributed by atoms with van der Waals surface area (Å²) in [6.45, 7) is 2.40. The van der Waals surface area contributed by atoms with Crippen LogP contribution in [0.2, 0.25) is 0 Å². The molecule has 0 saturated carbocycles. The molecule has 0 spiro atoms. The molecule has 3 aromatic rings. The minimum absolute atomic E-state index is 0.0993. The maximum Gasteiger partial charge on any atom is 0.238 e. The van der Waals surface area contributed by atoms with Crippen LogP contribution < -0.4 is 14.8 Å².